The van der Waals surface area contributed by atoms with Crippen molar-refractivity contribution in [1.82, 2.24) is 4.48 Å². The Hall–Kier alpha value is -5.74. The van der Waals surface area contributed by atoms with Crippen LogP contribution < -0.4 is 15.8 Å². The molecular weight excluding hydrogens is 571 g/mol. The fourth-order valence-corrected chi connectivity index (χ4v) is 9.52. The van der Waals surface area contributed by atoms with Gasteiger partial charge in [0, 0.05) is 60.5 Å². The summed E-state index contributed by atoms with van der Waals surface area (Å²) in [6.45, 7) is 4.76. The normalized spacial score (nSPS) is 15.1. The Morgan fingerprint density at radius 3 is 2.28 bits per heavy atom. The monoisotopic (exact) mass is 598 g/mol. The number of para-hydroxylation sites is 4. The van der Waals surface area contributed by atoms with Crippen LogP contribution in [0.4, 0.5) is 17.1 Å². The third kappa shape index (κ3) is 2.72. The van der Waals surface area contributed by atoms with Crippen LogP contribution >= 0.6 is 0 Å². The Balaban J connectivity index is 1.35. The molecule has 0 bridgehead atoms. The van der Waals surface area contributed by atoms with Crippen LogP contribution in [0.3, 0.4) is 0 Å². The molecule has 0 aliphatic carbocycles. The van der Waals surface area contributed by atoms with Gasteiger partial charge in [0.1, 0.15) is 11.2 Å². The predicted octanol–water partition coefficient (Wildman–Crippen LogP) is 9.90. The van der Waals surface area contributed by atoms with E-state index in [4.69, 9.17) is 4.42 Å². The Morgan fingerprint density at radius 1 is 0.617 bits per heavy atom. The first kappa shape index (κ1) is 24.5. The lowest BCUT2D eigenvalue weighted by Gasteiger charge is -2.48. The molecule has 0 amide bonds. The number of hydrogen-bond donors (Lipinski definition) is 0. The minimum absolute atomic E-state index is 0.0130. The van der Waals surface area contributed by atoms with Gasteiger partial charge in [0.15, 0.2) is 0 Å². The van der Waals surface area contributed by atoms with Gasteiger partial charge in [0.2, 0.25) is 0 Å². The minimum Gasteiger partial charge on any atom is -0.455 e. The summed E-state index contributed by atoms with van der Waals surface area (Å²) in [5, 5.41) is 7.46. The van der Waals surface area contributed by atoms with Crippen molar-refractivity contribution in [2.75, 3.05) is 4.90 Å². The molecule has 5 heterocycles. The van der Waals surface area contributed by atoms with Crippen LogP contribution in [-0.2, 0) is 5.41 Å². The molecule has 12 rings (SSSR count). The summed E-state index contributed by atoms with van der Waals surface area (Å²) >= 11 is 0. The van der Waals surface area contributed by atoms with E-state index in [-0.39, 0.29) is 12.3 Å². The molecule has 218 valence electrons. The first-order valence-corrected chi connectivity index (χ1v) is 16.6. The van der Waals surface area contributed by atoms with E-state index >= 15 is 0 Å². The standard InChI is InChI=1S/C43H27BN2O/c1-43(2)31-16-6-7-19-34(31)45-36-23-30-26-13-5-8-20-37(26)47-42(30)38-28-15-9-14-27-29-21-24-11-3-4-12-25(24)22-35(29)46(40(27)28)44(39(36)38)33-18-10-17-32(43)41(33)45/h3-23H,1-2H3. The van der Waals surface area contributed by atoms with Gasteiger partial charge in [0.05, 0.1) is 5.69 Å². The Labute approximate surface area is 271 Å². The van der Waals surface area contributed by atoms with Crippen molar-refractivity contribution in [3.05, 3.63) is 139 Å². The van der Waals surface area contributed by atoms with Crippen LogP contribution in [0.5, 0.6) is 0 Å². The van der Waals surface area contributed by atoms with E-state index in [2.05, 4.69) is 151 Å². The lowest BCUT2D eigenvalue weighted by atomic mass is 9.44. The average molecular weight is 599 g/mol. The second-order valence-electron chi connectivity index (χ2n) is 14.1. The van der Waals surface area contributed by atoms with Gasteiger partial charge in [-0.2, -0.15) is 0 Å². The van der Waals surface area contributed by atoms with Crippen LogP contribution in [0.15, 0.2) is 132 Å². The Bertz CT molecular complexity index is 2910. The molecule has 0 atom stereocenters. The summed E-state index contributed by atoms with van der Waals surface area (Å²) < 4.78 is 9.54. The number of hydrogen-bond acceptors (Lipinski definition) is 2. The molecule has 47 heavy (non-hydrogen) atoms. The largest absolute Gasteiger partial charge is 0.455 e. The quantitative estimate of drug-likeness (QED) is 0.162. The highest BCUT2D eigenvalue weighted by molar-refractivity contribution is 6.90. The van der Waals surface area contributed by atoms with E-state index in [1.807, 2.05) is 0 Å². The molecule has 0 saturated heterocycles. The Kier molecular flexibility index (Phi) is 4.15. The summed E-state index contributed by atoms with van der Waals surface area (Å²) in [5.74, 6) is 0. The summed E-state index contributed by atoms with van der Waals surface area (Å²) in [7, 11) is 0. The van der Waals surface area contributed by atoms with Gasteiger partial charge in [-0.25, -0.2) is 0 Å². The molecule has 2 aromatic heterocycles. The molecule has 0 saturated carbocycles. The maximum absolute atomic E-state index is 6.88. The SMILES string of the molecule is CC1(C)c2ccccc2N2c3cc4c(oc5ccccc54)c4c3B(c3cccc1c32)n1c2cc3ccccc3cc2c2cccc-4c21. The first-order valence-electron chi connectivity index (χ1n) is 16.6. The van der Waals surface area contributed by atoms with E-state index in [0.717, 1.165) is 16.6 Å². The van der Waals surface area contributed by atoms with Crippen LogP contribution in [-0.4, -0.2) is 11.3 Å². The fourth-order valence-electron chi connectivity index (χ4n) is 9.52. The zero-order chi connectivity index (χ0) is 30.8. The summed E-state index contributed by atoms with van der Waals surface area (Å²) in [5.41, 5.74) is 16.0. The zero-order valence-electron chi connectivity index (χ0n) is 26.0. The number of rotatable bonds is 0. The molecule has 3 nitrogen and oxygen atoms in total. The smallest absolute Gasteiger partial charge is 0.333 e. The maximum atomic E-state index is 6.88. The lowest BCUT2D eigenvalue weighted by Crippen LogP contribution is -2.58. The molecule has 0 spiro atoms. The van der Waals surface area contributed by atoms with E-state index in [1.165, 1.54) is 88.2 Å². The topological polar surface area (TPSA) is 21.3 Å². The van der Waals surface area contributed by atoms with Crippen molar-refractivity contribution in [2.24, 2.45) is 0 Å². The number of anilines is 3. The van der Waals surface area contributed by atoms with Crippen LogP contribution in [0, 0.1) is 0 Å². The van der Waals surface area contributed by atoms with E-state index in [0.29, 0.717) is 0 Å². The first-order chi connectivity index (χ1) is 23.1. The van der Waals surface area contributed by atoms with Gasteiger partial charge in [-0.15, -0.1) is 0 Å². The zero-order valence-corrected chi connectivity index (χ0v) is 26.0. The van der Waals surface area contributed by atoms with Crippen molar-refractivity contribution in [1.29, 1.82) is 0 Å². The van der Waals surface area contributed by atoms with Crippen molar-refractivity contribution in [3.8, 4) is 11.1 Å². The molecule has 3 aliphatic rings. The van der Waals surface area contributed by atoms with Crippen molar-refractivity contribution < 1.29 is 4.42 Å². The van der Waals surface area contributed by atoms with Crippen LogP contribution in [0.2, 0.25) is 0 Å². The highest BCUT2D eigenvalue weighted by Crippen LogP contribution is 2.55. The number of aromatic nitrogens is 1. The second-order valence-corrected chi connectivity index (χ2v) is 14.1. The third-order valence-corrected chi connectivity index (χ3v) is 11.5. The molecular formula is C43H27BN2O. The second kappa shape index (κ2) is 7.97. The van der Waals surface area contributed by atoms with Crippen molar-refractivity contribution >= 4 is 89.4 Å². The van der Waals surface area contributed by atoms with Crippen molar-refractivity contribution in [3.63, 3.8) is 0 Å². The van der Waals surface area contributed by atoms with Gasteiger partial charge in [-0.05, 0) is 63.2 Å². The summed E-state index contributed by atoms with van der Waals surface area (Å²) in [6, 6.07) is 47.4. The van der Waals surface area contributed by atoms with Gasteiger partial charge in [0.25, 0.3) is 0 Å². The van der Waals surface area contributed by atoms with Gasteiger partial charge >= 0.3 is 6.85 Å². The fraction of sp³-hybridized carbons (Fsp3) is 0.0698. The molecule has 3 aliphatic heterocycles. The van der Waals surface area contributed by atoms with E-state index in [9.17, 15) is 0 Å². The molecule has 0 fully saturated rings. The predicted molar refractivity (Wildman–Crippen MR) is 197 cm³/mol. The van der Waals surface area contributed by atoms with Crippen LogP contribution in [0.1, 0.15) is 25.0 Å². The summed E-state index contributed by atoms with van der Waals surface area (Å²) in [4.78, 5) is 2.58. The number of fused-ring (bicyclic) bond motifs is 14. The van der Waals surface area contributed by atoms with Gasteiger partial charge < -0.3 is 13.8 Å². The van der Waals surface area contributed by atoms with Crippen LogP contribution in [0.25, 0.3) is 65.6 Å². The Morgan fingerprint density at radius 2 is 1.36 bits per heavy atom. The number of benzene rings is 7. The number of nitrogens with zero attached hydrogens (tertiary/aromatic N) is 2. The number of furan rings is 1. The molecule has 7 aromatic carbocycles. The molecule has 0 N–H and O–H groups in total. The van der Waals surface area contributed by atoms with E-state index < -0.39 is 0 Å². The molecule has 0 radical (unpaired) electrons. The minimum atomic E-state index is -0.151. The summed E-state index contributed by atoms with van der Waals surface area (Å²) in [6.07, 6.45) is 0. The maximum Gasteiger partial charge on any atom is 0.333 e. The van der Waals surface area contributed by atoms with Gasteiger partial charge in [-0.3, -0.25) is 0 Å². The molecule has 9 aromatic rings. The highest BCUT2D eigenvalue weighted by Gasteiger charge is 2.48. The third-order valence-electron chi connectivity index (χ3n) is 11.5. The molecule has 4 heteroatoms. The lowest BCUT2D eigenvalue weighted by molar-refractivity contribution is 0.632. The van der Waals surface area contributed by atoms with Crippen molar-refractivity contribution in [2.45, 2.75) is 19.3 Å². The highest BCUT2D eigenvalue weighted by atomic mass is 16.3. The average Bonchev–Trinajstić information content (AvgIpc) is 3.64. The molecule has 0 unspecified atom stereocenters. The van der Waals surface area contributed by atoms with Gasteiger partial charge in [-0.1, -0.05) is 111 Å². The van der Waals surface area contributed by atoms with E-state index in [1.54, 1.807) is 0 Å².